The van der Waals surface area contributed by atoms with Gasteiger partial charge in [-0.3, -0.25) is 0 Å². The van der Waals surface area contributed by atoms with E-state index in [2.05, 4.69) is 6.58 Å². The molecule has 0 N–H and O–H groups in total. The Morgan fingerprint density at radius 2 is 2.07 bits per heavy atom. The molecule has 0 bridgehead atoms. The molecule has 1 nitrogen and oxygen atoms in total. The lowest BCUT2D eigenvalue weighted by Gasteiger charge is -2.05. The minimum atomic E-state index is 1.04. The van der Waals surface area contributed by atoms with Crippen molar-refractivity contribution in [3.8, 4) is 0 Å². The zero-order chi connectivity index (χ0) is 10.4. The first-order valence-electron chi connectivity index (χ1n) is 4.64. The van der Waals surface area contributed by atoms with Gasteiger partial charge in [0.2, 0.25) is 0 Å². The SMILES string of the molecule is C=C(SCCCC(C)=S)n1cccc1. The fraction of sp³-hybridized carbons (Fsp3) is 0.364. The van der Waals surface area contributed by atoms with Gasteiger partial charge in [-0.15, -0.1) is 11.8 Å². The lowest BCUT2D eigenvalue weighted by molar-refractivity contribution is 1.02. The summed E-state index contributed by atoms with van der Waals surface area (Å²) in [5.41, 5.74) is 0. The third kappa shape index (κ3) is 4.11. The maximum atomic E-state index is 5.02. The van der Waals surface area contributed by atoms with E-state index in [4.69, 9.17) is 12.2 Å². The van der Waals surface area contributed by atoms with Crippen LogP contribution >= 0.6 is 24.0 Å². The van der Waals surface area contributed by atoms with Crippen LogP contribution in [0.4, 0.5) is 0 Å². The number of aromatic nitrogens is 1. The third-order valence-electron chi connectivity index (χ3n) is 1.83. The van der Waals surface area contributed by atoms with Gasteiger partial charge >= 0.3 is 0 Å². The Morgan fingerprint density at radius 3 is 2.64 bits per heavy atom. The highest BCUT2D eigenvalue weighted by Crippen LogP contribution is 2.20. The van der Waals surface area contributed by atoms with E-state index < -0.39 is 0 Å². The summed E-state index contributed by atoms with van der Waals surface area (Å²) >= 11 is 6.80. The van der Waals surface area contributed by atoms with Crippen LogP contribution in [0.25, 0.3) is 5.03 Å². The average Bonchev–Trinajstić information content (AvgIpc) is 2.64. The monoisotopic (exact) mass is 225 g/mol. The van der Waals surface area contributed by atoms with Crippen molar-refractivity contribution >= 4 is 33.9 Å². The van der Waals surface area contributed by atoms with Crippen molar-refractivity contribution in [1.82, 2.24) is 4.57 Å². The summed E-state index contributed by atoms with van der Waals surface area (Å²) in [5.74, 6) is 1.09. The zero-order valence-corrected chi connectivity index (χ0v) is 10.0. The first-order valence-corrected chi connectivity index (χ1v) is 6.04. The Morgan fingerprint density at radius 1 is 1.43 bits per heavy atom. The predicted octanol–water partition coefficient (Wildman–Crippen LogP) is 3.82. The number of nitrogens with zero attached hydrogens (tertiary/aromatic N) is 1. The van der Waals surface area contributed by atoms with Crippen LogP contribution in [0.1, 0.15) is 19.8 Å². The quantitative estimate of drug-likeness (QED) is 0.535. The van der Waals surface area contributed by atoms with Gasteiger partial charge in [0.05, 0.1) is 5.03 Å². The first kappa shape index (κ1) is 11.5. The highest BCUT2D eigenvalue weighted by atomic mass is 32.2. The largest absolute Gasteiger partial charge is 0.319 e. The highest BCUT2D eigenvalue weighted by Gasteiger charge is 1.97. The van der Waals surface area contributed by atoms with Gasteiger partial charge < -0.3 is 4.57 Å². The molecule has 76 valence electrons. The van der Waals surface area contributed by atoms with Crippen molar-refractivity contribution < 1.29 is 0 Å². The summed E-state index contributed by atoms with van der Waals surface area (Å²) in [4.78, 5) is 1.09. The second-order valence-electron chi connectivity index (χ2n) is 3.14. The molecule has 1 aromatic heterocycles. The van der Waals surface area contributed by atoms with Gasteiger partial charge in [0, 0.05) is 12.4 Å². The fourth-order valence-corrected chi connectivity index (χ4v) is 2.03. The van der Waals surface area contributed by atoms with Gasteiger partial charge in [-0.2, -0.15) is 0 Å². The van der Waals surface area contributed by atoms with Crippen molar-refractivity contribution in [3.05, 3.63) is 31.1 Å². The molecule has 0 unspecified atom stereocenters. The molecule has 14 heavy (non-hydrogen) atoms. The van der Waals surface area contributed by atoms with E-state index in [0.717, 1.165) is 28.5 Å². The number of thioether (sulfide) groups is 1. The molecule has 1 rings (SSSR count). The van der Waals surface area contributed by atoms with Gasteiger partial charge in [-0.1, -0.05) is 18.8 Å². The van der Waals surface area contributed by atoms with Crippen LogP contribution in [-0.2, 0) is 0 Å². The molecule has 0 radical (unpaired) electrons. The van der Waals surface area contributed by atoms with Crippen LogP contribution in [0.3, 0.4) is 0 Å². The summed E-state index contributed by atoms with van der Waals surface area (Å²) in [6, 6.07) is 4.01. The third-order valence-corrected chi connectivity index (χ3v) is 3.08. The van der Waals surface area contributed by atoms with E-state index in [0.29, 0.717) is 0 Å². The minimum Gasteiger partial charge on any atom is -0.319 e. The Kier molecular flexibility index (Phi) is 4.98. The molecule has 3 heteroatoms. The smallest absolute Gasteiger partial charge is 0.0715 e. The summed E-state index contributed by atoms with van der Waals surface area (Å²) in [6.45, 7) is 6.01. The second-order valence-corrected chi connectivity index (χ2v) is 5.00. The molecule has 0 saturated carbocycles. The molecular weight excluding hydrogens is 210 g/mol. The molecule has 0 aliphatic rings. The summed E-state index contributed by atoms with van der Waals surface area (Å²) in [7, 11) is 0. The zero-order valence-electron chi connectivity index (χ0n) is 8.40. The lowest BCUT2D eigenvalue weighted by Crippen LogP contribution is -1.91. The molecule has 0 fully saturated rings. The van der Waals surface area contributed by atoms with Crippen molar-refractivity contribution in [3.63, 3.8) is 0 Å². The summed E-state index contributed by atoms with van der Waals surface area (Å²) in [5, 5.41) is 1.08. The Labute approximate surface area is 95.2 Å². The summed E-state index contributed by atoms with van der Waals surface area (Å²) in [6.07, 6.45) is 6.21. The van der Waals surface area contributed by atoms with E-state index in [1.54, 1.807) is 11.8 Å². The summed E-state index contributed by atoms with van der Waals surface area (Å²) < 4.78 is 2.04. The minimum absolute atomic E-state index is 1.04. The molecule has 0 aromatic carbocycles. The van der Waals surface area contributed by atoms with Crippen LogP contribution in [0.2, 0.25) is 0 Å². The van der Waals surface area contributed by atoms with E-state index >= 15 is 0 Å². The van der Waals surface area contributed by atoms with Crippen LogP contribution in [0.5, 0.6) is 0 Å². The molecular formula is C11H15NS2. The van der Waals surface area contributed by atoms with Gasteiger partial charge in [-0.05, 0) is 42.5 Å². The average molecular weight is 225 g/mol. The van der Waals surface area contributed by atoms with Gasteiger partial charge in [0.25, 0.3) is 0 Å². The molecule has 0 atom stereocenters. The highest BCUT2D eigenvalue weighted by molar-refractivity contribution is 8.07. The predicted molar refractivity (Wildman–Crippen MR) is 69.7 cm³/mol. The second kappa shape index (κ2) is 6.04. The van der Waals surface area contributed by atoms with Crippen molar-refractivity contribution in [2.75, 3.05) is 5.75 Å². The fourth-order valence-electron chi connectivity index (χ4n) is 1.09. The van der Waals surface area contributed by atoms with Gasteiger partial charge in [-0.25, -0.2) is 0 Å². The molecule has 0 saturated heterocycles. The maximum Gasteiger partial charge on any atom is 0.0715 e. The number of hydrogen-bond donors (Lipinski definition) is 0. The van der Waals surface area contributed by atoms with Gasteiger partial charge in [0.1, 0.15) is 0 Å². The van der Waals surface area contributed by atoms with Crippen LogP contribution < -0.4 is 0 Å². The van der Waals surface area contributed by atoms with E-state index in [9.17, 15) is 0 Å². The standard InChI is InChI=1S/C11H15NS2/c1-10(13)6-5-9-14-11(2)12-7-3-4-8-12/h3-4,7-8H,2,5-6,9H2,1H3. The molecule has 1 heterocycles. The Balaban J connectivity index is 2.19. The molecule has 0 aliphatic heterocycles. The molecule has 0 spiro atoms. The molecule has 0 aliphatic carbocycles. The molecule has 1 aromatic rings. The maximum absolute atomic E-state index is 5.02. The Bertz CT molecular complexity index is 301. The van der Waals surface area contributed by atoms with Crippen molar-refractivity contribution in [1.29, 1.82) is 0 Å². The van der Waals surface area contributed by atoms with E-state index in [1.807, 2.05) is 36.0 Å². The number of hydrogen-bond acceptors (Lipinski definition) is 2. The van der Waals surface area contributed by atoms with Crippen LogP contribution in [0.15, 0.2) is 31.1 Å². The van der Waals surface area contributed by atoms with Crippen molar-refractivity contribution in [2.45, 2.75) is 19.8 Å². The van der Waals surface area contributed by atoms with E-state index in [1.165, 1.54) is 0 Å². The molecule has 0 amide bonds. The van der Waals surface area contributed by atoms with Crippen LogP contribution in [0, 0.1) is 0 Å². The Hall–Kier alpha value is -0.540. The lowest BCUT2D eigenvalue weighted by atomic mass is 10.3. The van der Waals surface area contributed by atoms with E-state index in [-0.39, 0.29) is 0 Å². The van der Waals surface area contributed by atoms with Crippen LogP contribution in [-0.4, -0.2) is 15.2 Å². The first-order chi connectivity index (χ1) is 6.70. The topological polar surface area (TPSA) is 4.93 Å². The van der Waals surface area contributed by atoms with Gasteiger partial charge in [0.15, 0.2) is 0 Å². The number of thiocarbonyl (C=S) groups is 1. The normalized spacial score (nSPS) is 10.1. The number of rotatable bonds is 6. The van der Waals surface area contributed by atoms with Crippen molar-refractivity contribution in [2.24, 2.45) is 0 Å².